The van der Waals surface area contributed by atoms with Crippen molar-refractivity contribution < 1.29 is 4.79 Å². The van der Waals surface area contributed by atoms with Crippen LogP contribution in [0.3, 0.4) is 0 Å². The van der Waals surface area contributed by atoms with Crippen molar-refractivity contribution in [3.8, 4) is 0 Å². The molecule has 1 aromatic rings. The molecule has 104 valence electrons. The minimum atomic E-state index is 0.0502. The number of nitrogen functional groups attached to an aromatic ring is 1. The van der Waals surface area contributed by atoms with Gasteiger partial charge in [-0.2, -0.15) is 0 Å². The smallest absolute Gasteiger partial charge is 0.238 e. The van der Waals surface area contributed by atoms with Crippen LogP contribution in [-0.2, 0) is 4.79 Å². The molecule has 1 heterocycles. The van der Waals surface area contributed by atoms with Crippen LogP contribution in [-0.4, -0.2) is 30.4 Å². The first-order valence-corrected chi connectivity index (χ1v) is 6.92. The van der Waals surface area contributed by atoms with E-state index in [-0.39, 0.29) is 5.91 Å². The summed E-state index contributed by atoms with van der Waals surface area (Å²) in [6.45, 7) is 7.05. The van der Waals surface area contributed by atoms with Crippen LogP contribution in [0.1, 0.15) is 20.3 Å². The quantitative estimate of drug-likeness (QED) is 0.817. The summed E-state index contributed by atoms with van der Waals surface area (Å²) in [6.07, 6.45) is 1.20. The number of hydrogen-bond donors (Lipinski definition) is 2. The molecule has 0 bridgehead atoms. The van der Waals surface area contributed by atoms with Gasteiger partial charge in [0.2, 0.25) is 5.91 Å². The molecule has 4 nitrogen and oxygen atoms in total. The van der Waals surface area contributed by atoms with Crippen molar-refractivity contribution in [2.75, 3.05) is 30.7 Å². The zero-order chi connectivity index (χ0) is 13.8. The highest BCUT2D eigenvalue weighted by molar-refractivity contribution is 5.92. The minimum absolute atomic E-state index is 0.0502. The second kappa shape index (κ2) is 6.06. The predicted molar refractivity (Wildman–Crippen MR) is 78.9 cm³/mol. The van der Waals surface area contributed by atoms with E-state index >= 15 is 0 Å². The molecule has 1 fully saturated rings. The Morgan fingerprint density at radius 1 is 1.42 bits per heavy atom. The van der Waals surface area contributed by atoms with E-state index in [0.717, 1.165) is 24.7 Å². The van der Waals surface area contributed by atoms with Gasteiger partial charge in [-0.25, -0.2) is 0 Å². The van der Waals surface area contributed by atoms with Gasteiger partial charge < -0.3 is 11.1 Å². The van der Waals surface area contributed by atoms with E-state index in [1.807, 2.05) is 12.1 Å². The van der Waals surface area contributed by atoms with E-state index in [1.54, 1.807) is 12.1 Å². The molecule has 0 aliphatic carbocycles. The highest BCUT2D eigenvalue weighted by Gasteiger charge is 2.25. The number of nitrogens with one attached hydrogen (secondary N) is 1. The number of nitrogens with zero attached hydrogens (tertiary/aromatic N) is 1. The lowest BCUT2D eigenvalue weighted by molar-refractivity contribution is -0.117. The van der Waals surface area contributed by atoms with Gasteiger partial charge in [0.25, 0.3) is 0 Å². The molecule has 1 amide bonds. The van der Waals surface area contributed by atoms with E-state index in [1.165, 1.54) is 6.42 Å². The molecule has 0 saturated carbocycles. The predicted octanol–water partition coefficient (Wildman–Crippen LogP) is 2.19. The highest BCUT2D eigenvalue weighted by atomic mass is 16.2. The summed E-state index contributed by atoms with van der Waals surface area (Å²) in [5, 5.41) is 2.90. The van der Waals surface area contributed by atoms with Gasteiger partial charge in [0.15, 0.2) is 0 Å². The lowest BCUT2D eigenvalue weighted by Gasteiger charge is -2.17. The monoisotopic (exact) mass is 261 g/mol. The first-order chi connectivity index (χ1) is 9.04. The normalized spacial score (nSPS) is 19.8. The van der Waals surface area contributed by atoms with E-state index in [2.05, 4.69) is 24.1 Å². The number of carbonyl (C=O) groups excluding carboxylic acids is 1. The van der Waals surface area contributed by atoms with Gasteiger partial charge in [-0.05, 0) is 49.1 Å². The summed E-state index contributed by atoms with van der Waals surface area (Å²) in [5.41, 5.74) is 7.12. The maximum Gasteiger partial charge on any atom is 0.238 e. The van der Waals surface area contributed by atoms with E-state index in [4.69, 9.17) is 5.73 Å². The lowest BCUT2D eigenvalue weighted by Crippen LogP contribution is -2.32. The van der Waals surface area contributed by atoms with Crippen LogP contribution in [0.5, 0.6) is 0 Å². The van der Waals surface area contributed by atoms with Crippen molar-refractivity contribution in [2.24, 2.45) is 11.8 Å². The van der Waals surface area contributed by atoms with Gasteiger partial charge in [-0.3, -0.25) is 9.69 Å². The number of likely N-dealkylation sites (tertiary alicyclic amines) is 1. The molecule has 1 aromatic carbocycles. The van der Waals surface area contributed by atoms with Crippen molar-refractivity contribution in [1.82, 2.24) is 4.90 Å². The van der Waals surface area contributed by atoms with E-state index < -0.39 is 0 Å². The summed E-state index contributed by atoms with van der Waals surface area (Å²) >= 11 is 0. The summed E-state index contributed by atoms with van der Waals surface area (Å²) in [6, 6.07) is 7.24. The standard InChI is InChI=1S/C15H23N3O/c1-11(2)12-7-8-18(9-12)10-15(19)17-14-5-3-13(16)4-6-14/h3-6,11-12H,7-10,16H2,1-2H3,(H,17,19). The van der Waals surface area contributed by atoms with Gasteiger partial charge in [0.05, 0.1) is 6.54 Å². The summed E-state index contributed by atoms with van der Waals surface area (Å²) in [7, 11) is 0. The third-order valence-corrected chi connectivity index (χ3v) is 3.81. The third kappa shape index (κ3) is 3.96. The molecule has 1 aliphatic rings. The lowest BCUT2D eigenvalue weighted by atomic mass is 9.95. The zero-order valence-corrected chi connectivity index (χ0v) is 11.7. The van der Waals surface area contributed by atoms with Crippen LogP contribution in [0, 0.1) is 11.8 Å². The largest absolute Gasteiger partial charge is 0.399 e. The number of nitrogens with two attached hydrogens (primary N) is 1. The summed E-state index contributed by atoms with van der Waals surface area (Å²) in [4.78, 5) is 14.2. The first-order valence-electron chi connectivity index (χ1n) is 6.92. The second-order valence-electron chi connectivity index (χ2n) is 5.70. The Bertz CT molecular complexity index is 428. The van der Waals surface area contributed by atoms with Crippen LogP contribution >= 0.6 is 0 Å². The van der Waals surface area contributed by atoms with Crippen LogP contribution in [0.4, 0.5) is 11.4 Å². The maximum atomic E-state index is 11.9. The Morgan fingerprint density at radius 3 is 2.68 bits per heavy atom. The Labute approximate surface area is 115 Å². The fraction of sp³-hybridized carbons (Fsp3) is 0.533. The summed E-state index contributed by atoms with van der Waals surface area (Å²) in [5.74, 6) is 1.48. The van der Waals surface area contributed by atoms with E-state index in [0.29, 0.717) is 18.2 Å². The van der Waals surface area contributed by atoms with Crippen molar-refractivity contribution in [2.45, 2.75) is 20.3 Å². The Hall–Kier alpha value is -1.55. The topological polar surface area (TPSA) is 58.4 Å². The molecular formula is C15H23N3O. The molecule has 0 spiro atoms. The van der Waals surface area contributed by atoms with Gasteiger partial charge >= 0.3 is 0 Å². The number of anilines is 2. The molecule has 1 unspecified atom stereocenters. The Kier molecular flexibility index (Phi) is 4.43. The molecule has 4 heteroatoms. The number of amides is 1. The molecular weight excluding hydrogens is 238 g/mol. The second-order valence-corrected chi connectivity index (χ2v) is 5.70. The average Bonchev–Trinajstić information content (AvgIpc) is 2.80. The van der Waals surface area contributed by atoms with Crippen LogP contribution < -0.4 is 11.1 Å². The molecule has 1 atom stereocenters. The molecule has 1 saturated heterocycles. The SMILES string of the molecule is CC(C)C1CCN(CC(=O)Nc2ccc(N)cc2)C1. The molecule has 0 aromatic heterocycles. The van der Waals surface area contributed by atoms with Gasteiger partial charge in [-0.15, -0.1) is 0 Å². The number of carbonyl (C=O) groups is 1. The number of benzene rings is 1. The molecule has 19 heavy (non-hydrogen) atoms. The Balaban J connectivity index is 1.80. The van der Waals surface area contributed by atoms with Crippen molar-refractivity contribution >= 4 is 17.3 Å². The average molecular weight is 261 g/mol. The van der Waals surface area contributed by atoms with Crippen molar-refractivity contribution in [1.29, 1.82) is 0 Å². The van der Waals surface area contributed by atoms with Crippen molar-refractivity contribution in [3.05, 3.63) is 24.3 Å². The summed E-state index contributed by atoms with van der Waals surface area (Å²) < 4.78 is 0. The molecule has 3 N–H and O–H groups in total. The molecule has 2 rings (SSSR count). The van der Waals surface area contributed by atoms with Gasteiger partial charge in [0, 0.05) is 17.9 Å². The first kappa shape index (κ1) is 13.9. The zero-order valence-electron chi connectivity index (χ0n) is 11.7. The Morgan fingerprint density at radius 2 is 2.11 bits per heavy atom. The molecule has 1 aliphatic heterocycles. The van der Waals surface area contributed by atoms with Crippen LogP contribution in [0.25, 0.3) is 0 Å². The van der Waals surface area contributed by atoms with Crippen LogP contribution in [0.2, 0.25) is 0 Å². The van der Waals surface area contributed by atoms with Crippen molar-refractivity contribution in [3.63, 3.8) is 0 Å². The fourth-order valence-corrected chi connectivity index (χ4v) is 2.52. The molecule has 0 radical (unpaired) electrons. The number of hydrogen-bond acceptors (Lipinski definition) is 3. The minimum Gasteiger partial charge on any atom is -0.399 e. The van der Waals surface area contributed by atoms with Gasteiger partial charge in [-0.1, -0.05) is 13.8 Å². The fourth-order valence-electron chi connectivity index (χ4n) is 2.52. The van der Waals surface area contributed by atoms with Crippen LogP contribution in [0.15, 0.2) is 24.3 Å². The highest BCUT2D eigenvalue weighted by Crippen LogP contribution is 2.23. The maximum absolute atomic E-state index is 11.9. The third-order valence-electron chi connectivity index (χ3n) is 3.81. The van der Waals surface area contributed by atoms with Gasteiger partial charge in [0.1, 0.15) is 0 Å². The van der Waals surface area contributed by atoms with E-state index in [9.17, 15) is 4.79 Å². The number of rotatable bonds is 4.